The molecule has 0 radical (unpaired) electrons. The van der Waals surface area contributed by atoms with Crippen molar-refractivity contribution in [3.63, 3.8) is 0 Å². The van der Waals surface area contributed by atoms with E-state index in [0.717, 1.165) is 30.1 Å². The van der Waals surface area contributed by atoms with E-state index in [0.29, 0.717) is 0 Å². The molecule has 0 spiro atoms. The van der Waals surface area contributed by atoms with Gasteiger partial charge in [0.15, 0.2) is 11.5 Å². The van der Waals surface area contributed by atoms with Gasteiger partial charge in [-0.2, -0.15) is 18.3 Å². The van der Waals surface area contributed by atoms with Crippen LogP contribution in [0.1, 0.15) is 16.1 Å². The van der Waals surface area contributed by atoms with Crippen LogP contribution in [0.25, 0.3) is 5.82 Å². The number of nitrogens with zero attached hydrogens (tertiary/aromatic N) is 3. The fraction of sp³-hybridized carbons (Fsp3) is 0.182. The molecule has 106 valence electrons. The van der Waals surface area contributed by atoms with Gasteiger partial charge in [-0.15, -0.1) is 0 Å². The lowest BCUT2D eigenvalue weighted by Crippen LogP contribution is -2.09. The molecule has 0 bridgehead atoms. The highest BCUT2D eigenvalue weighted by molar-refractivity contribution is 5.92. The van der Waals surface area contributed by atoms with E-state index in [-0.39, 0.29) is 17.2 Å². The highest BCUT2D eigenvalue weighted by Crippen LogP contribution is 2.29. The molecule has 20 heavy (non-hydrogen) atoms. The van der Waals surface area contributed by atoms with Gasteiger partial charge in [0.1, 0.15) is 0 Å². The number of anilines is 1. The van der Waals surface area contributed by atoms with E-state index in [1.807, 2.05) is 0 Å². The predicted octanol–water partition coefficient (Wildman–Crippen LogP) is 1.65. The first-order chi connectivity index (χ1) is 9.32. The Bertz CT molecular complexity index is 651. The maximum Gasteiger partial charge on any atom is 0.416 e. The Morgan fingerprint density at radius 2 is 2.15 bits per heavy atom. The smallest absolute Gasteiger partial charge is 0.416 e. The molecule has 2 N–H and O–H groups in total. The molecule has 0 aromatic carbocycles. The minimum absolute atomic E-state index is 0.0175. The van der Waals surface area contributed by atoms with E-state index in [4.69, 9.17) is 5.73 Å². The number of carbonyl (C=O) groups is 1. The first-order valence-electron chi connectivity index (χ1n) is 5.30. The van der Waals surface area contributed by atoms with Gasteiger partial charge in [-0.1, -0.05) is 0 Å². The van der Waals surface area contributed by atoms with E-state index in [2.05, 4.69) is 14.8 Å². The number of alkyl halides is 3. The number of carbonyl (C=O) groups excluding carboxylic acids is 1. The minimum Gasteiger partial charge on any atom is -0.464 e. The summed E-state index contributed by atoms with van der Waals surface area (Å²) in [6.45, 7) is 0. The summed E-state index contributed by atoms with van der Waals surface area (Å²) in [4.78, 5) is 15.1. The molecule has 2 rings (SSSR count). The molecule has 0 saturated heterocycles. The van der Waals surface area contributed by atoms with Gasteiger partial charge in [0.05, 0.1) is 24.6 Å². The van der Waals surface area contributed by atoms with Crippen molar-refractivity contribution >= 4 is 11.7 Å². The van der Waals surface area contributed by atoms with Gasteiger partial charge in [0.25, 0.3) is 0 Å². The molecular formula is C11H9F3N4O2. The van der Waals surface area contributed by atoms with E-state index in [9.17, 15) is 18.0 Å². The summed E-state index contributed by atoms with van der Waals surface area (Å²) in [7, 11) is 1.14. The highest BCUT2D eigenvalue weighted by Gasteiger charge is 2.31. The van der Waals surface area contributed by atoms with Gasteiger partial charge >= 0.3 is 12.1 Å². The second-order valence-electron chi connectivity index (χ2n) is 3.77. The average molecular weight is 286 g/mol. The van der Waals surface area contributed by atoms with Gasteiger partial charge in [-0.3, -0.25) is 0 Å². The molecule has 0 saturated carbocycles. The number of methoxy groups -OCH3 is 1. The summed E-state index contributed by atoms with van der Waals surface area (Å²) < 4.78 is 43.2. The molecule has 2 heterocycles. The van der Waals surface area contributed by atoms with Crippen LogP contribution < -0.4 is 5.73 Å². The lowest BCUT2D eigenvalue weighted by atomic mass is 10.2. The first-order valence-corrected chi connectivity index (χ1v) is 5.30. The van der Waals surface area contributed by atoms with Crippen molar-refractivity contribution in [1.29, 1.82) is 0 Å². The van der Waals surface area contributed by atoms with Gasteiger partial charge in [-0.05, 0) is 12.1 Å². The van der Waals surface area contributed by atoms with Crippen LogP contribution in [0, 0.1) is 0 Å². The molecule has 0 aliphatic carbocycles. The monoisotopic (exact) mass is 286 g/mol. The standard InChI is InChI=1S/C11H9F3N4O2/c1-20-10(19)9-7(15)5-18(17-9)8-4-6(2-3-16-8)11(12,13)14/h2-5H,15H2,1H3. The number of nitrogen functional groups attached to an aromatic ring is 1. The molecule has 0 aliphatic heterocycles. The Kier molecular flexibility index (Phi) is 3.35. The van der Waals surface area contributed by atoms with Crippen molar-refractivity contribution in [2.75, 3.05) is 12.8 Å². The van der Waals surface area contributed by atoms with E-state index >= 15 is 0 Å². The summed E-state index contributed by atoms with van der Waals surface area (Å²) in [5.74, 6) is -0.894. The number of pyridine rings is 1. The van der Waals surface area contributed by atoms with Crippen molar-refractivity contribution < 1.29 is 22.7 Å². The maximum atomic E-state index is 12.6. The second kappa shape index (κ2) is 4.83. The van der Waals surface area contributed by atoms with Crippen molar-refractivity contribution in [2.24, 2.45) is 0 Å². The van der Waals surface area contributed by atoms with Crippen LogP contribution in [-0.4, -0.2) is 27.8 Å². The number of nitrogens with two attached hydrogens (primary N) is 1. The van der Waals surface area contributed by atoms with Crippen molar-refractivity contribution in [3.05, 3.63) is 35.8 Å². The number of aromatic nitrogens is 3. The molecule has 0 atom stereocenters. The van der Waals surface area contributed by atoms with Crippen LogP contribution in [-0.2, 0) is 10.9 Å². The summed E-state index contributed by atoms with van der Waals surface area (Å²) >= 11 is 0. The molecule has 0 amide bonds. The normalized spacial score (nSPS) is 11.4. The van der Waals surface area contributed by atoms with Crippen LogP contribution in [0.15, 0.2) is 24.5 Å². The van der Waals surface area contributed by atoms with Crippen LogP contribution in [0.4, 0.5) is 18.9 Å². The number of rotatable bonds is 2. The quantitative estimate of drug-likeness (QED) is 0.849. The van der Waals surface area contributed by atoms with Gasteiger partial charge < -0.3 is 10.5 Å². The predicted molar refractivity (Wildman–Crippen MR) is 62.1 cm³/mol. The first kappa shape index (κ1) is 13.8. The van der Waals surface area contributed by atoms with Crippen LogP contribution in [0.3, 0.4) is 0 Å². The number of ether oxygens (including phenoxy) is 1. The molecule has 0 fully saturated rings. The van der Waals surface area contributed by atoms with E-state index in [1.165, 1.54) is 6.20 Å². The SMILES string of the molecule is COC(=O)c1nn(-c2cc(C(F)(F)F)ccn2)cc1N. The second-order valence-corrected chi connectivity index (χ2v) is 3.77. The lowest BCUT2D eigenvalue weighted by molar-refractivity contribution is -0.137. The molecule has 0 unspecified atom stereocenters. The fourth-order valence-corrected chi connectivity index (χ4v) is 1.48. The molecule has 2 aromatic heterocycles. The third-order valence-corrected chi connectivity index (χ3v) is 2.43. The Balaban J connectivity index is 2.45. The van der Waals surface area contributed by atoms with Gasteiger partial charge in [-0.25, -0.2) is 14.5 Å². The van der Waals surface area contributed by atoms with Crippen molar-refractivity contribution in [3.8, 4) is 5.82 Å². The van der Waals surface area contributed by atoms with Gasteiger partial charge in [0, 0.05) is 6.20 Å². The number of hydrogen-bond acceptors (Lipinski definition) is 5. The minimum atomic E-state index is -4.50. The van der Waals surface area contributed by atoms with Crippen LogP contribution in [0.5, 0.6) is 0 Å². The molecule has 6 nitrogen and oxygen atoms in total. The Hall–Kier alpha value is -2.58. The fourth-order valence-electron chi connectivity index (χ4n) is 1.48. The van der Waals surface area contributed by atoms with Crippen molar-refractivity contribution in [2.45, 2.75) is 6.18 Å². The molecule has 9 heteroatoms. The summed E-state index contributed by atoms with van der Waals surface area (Å²) in [5, 5.41) is 3.76. The molecular weight excluding hydrogens is 277 g/mol. The van der Waals surface area contributed by atoms with E-state index in [1.54, 1.807) is 0 Å². The van der Waals surface area contributed by atoms with Crippen molar-refractivity contribution in [1.82, 2.24) is 14.8 Å². The topological polar surface area (TPSA) is 83.0 Å². The zero-order valence-corrected chi connectivity index (χ0v) is 10.2. The maximum absolute atomic E-state index is 12.6. The average Bonchev–Trinajstić information content (AvgIpc) is 2.79. The van der Waals surface area contributed by atoms with Crippen LogP contribution >= 0.6 is 0 Å². The molecule has 2 aromatic rings. The zero-order valence-electron chi connectivity index (χ0n) is 10.2. The summed E-state index contributed by atoms with van der Waals surface area (Å²) in [5.41, 5.74) is 4.46. The van der Waals surface area contributed by atoms with Crippen LogP contribution in [0.2, 0.25) is 0 Å². The third-order valence-electron chi connectivity index (χ3n) is 2.43. The summed E-state index contributed by atoms with van der Waals surface area (Å²) in [6.07, 6.45) is -2.32. The Morgan fingerprint density at radius 3 is 2.75 bits per heavy atom. The molecule has 0 aliphatic rings. The third kappa shape index (κ3) is 2.56. The van der Waals surface area contributed by atoms with Gasteiger partial charge in [0.2, 0.25) is 0 Å². The Labute approximate surface area is 111 Å². The number of halogens is 3. The zero-order chi connectivity index (χ0) is 14.9. The number of hydrogen-bond donors (Lipinski definition) is 1. The highest BCUT2D eigenvalue weighted by atomic mass is 19.4. The van der Waals surface area contributed by atoms with E-state index < -0.39 is 17.7 Å². The lowest BCUT2D eigenvalue weighted by Gasteiger charge is -2.07. The summed E-state index contributed by atoms with van der Waals surface area (Å²) in [6, 6.07) is 1.63. The number of esters is 1. The Morgan fingerprint density at radius 1 is 1.45 bits per heavy atom. The largest absolute Gasteiger partial charge is 0.464 e.